The van der Waals surface area contributed by atoms with E-state index in [-0.39, 0.29) is 12.5 Å². The monoisotopic (exact) mass is 370 g/mol. The molecule has 6 heteroatoms. The SMILES string of the molecule is CCN(c1ccc(NC(=O)COc2ccc(C(=O)OC)cc2)cc1)C(C)C. The number of rotatable bonds is 8. The summed E-state index contributed by atoms with van der Waals surface area (Å²) < 4.78 is 10.1. The minimum absolute atomic E-state index is 0.119. The van der Waals surface area contributed by atoms with Crippen molar-refractivity contribution in [1.82, 2.24) is 0 Å². The fraction of sp³-hybridized carbons (Fsp3) is 0.333. The molecule has 0 radical (unpaired) electrons. The number of carbonyl (C=O) groups is 2. The molecule has 0 spiro atoms. The van der Waals surface area contributed by atoms with Gasteiger partial charge in [-0.2, -0.15) is 0 Å². The molecule has 27 heavy (non-hydrogen) atoms. The molecule has 0 saturated heterocycles. The Morgan fingerprint density at radius 3 is 2.19 bits per heavy atom. The Hall–Kier alpha value is -3.02. The highest BCUT2D eigenvalue weighted by Crippen LogP contribution is 2.20. The van der Waals surface area contributed by atoms with E-state index in [1.807, 2.05) is 24.3 Å². The molecule has 144 valence electrons. The molecule has 2 aromatic carbocycles. The minimum Gasteiger partial charge on any atom is -0.484 e. The summed E-state index contributed by atoms with van der Waals surface area (Å²) in [6.07, 6.45) is 0. The minimum atomic E-state index is -0.415. The lowest BCUT2D eigenvalue weighted by Crippen LogP contribution is -2.30. The molecule has 0 aliphatic heterocycles. The number of ether oxygens (including phenoxy) is 2. The van der Waals surface area contributed by atoms with Crippen LogP contribution in [0, 0.1) is 0 Å². The highest BCUT2D eigenvalue weighted by atomic mass is 16.5. The van der Waals surface area contributed by atoms with Gasteiger partial charge in [0.05, 0.1) is 12.7 Å². The Bertz CT molecular complexity index is 755. The number of anilines is 2. The van der Waals surface area contributed by atoms with Crippen LogP contribution in [0.1, 0.15) is 31.1 Å². The Labute approximate surface area is 160 Å². The first kappa shape index (κ1) is 20.3. The Balaban J connectivity index is 1.87. The van der Waals surface area contributed by atoms with Gasteiger partial charge in [-0.25, -0.2) is 4.79 Å². The molecule has 0 atom stereocenters. The summed E-state index contributed by atoms with van der Waals surface area (Å²) >= 11 is 0. The van der Waals surface area contributed by atoms with Gasteiger partial charge >= 0.3 is 5.97 Å². The molecule has 0 bridgehead atoms. The number of nitrogens with zero attached hydrogens (tertiary/aromatic N) is 1. The quantitative estimate of drug-likeness (QED) is 0.717. The highest BCUT2D eigenvalue weighted by molar-refractivity contribution is 5.92. The lowest BCUT2D eigenvalue weighted by atomic mass is 10.2. The van der Waals surface area contributed by atoms with E-state index in [2.05, 4.69) is 35.7 Å². The number of benzene rings is 2. The number of hydrogen-bond acceptors (Lipinski definition) is 5. The Kier molecular flexibility index (Phi) is 7.23. The van der Waals surface area contributed by atoms with Gasteiger partial charge in [0.25, 0.3) is 5.91 Å². The third kappa shape index (κ3) is 5.74. The zero-order chi connectivity index (χ0) is 19.8. The summed E-state index contributed by atoms with van der Waals surface area (Å²) in [6, 6.07) is 14.6. The lowest BCUT2D eigenvalue weighted by Gasteiger charge is -2.27. The summed E-state index contributed by atoms with van der Waals surface area (Å²) in [6.45, 7) is 7.21. The molecule has 0 aliphatic carbocycles. The first-order chi connectivity index (χ1) is 12.9. The van der Waals surface area contributed by atoms with Crippen LogP contribution in [0.25, 0.3) is 0 Å². The van der Waals surface area contributed by atoms with Gasteiger partial charge in [0.1, 0.15) is 5.75 Å². The smallest absolute Gasteiger partial charge is 0.337 e. The van der Waals surface area contributed by atoms with Gasteiger partial charge in [-0.3, -0.25) is 4.79 Å². The van der Waals surface area contributed by atoms with E-state index in [0.717, 1.165) is 12.2 Å². The van der Waals surface area contributed by atoms with Gasteiger partial charge in [0, 0.05) is 24.0 Å². The van der Waals surface area contributed by atoms with E-state index in [1.165, 1.54) is 7.11 Å². The van der Waals surface area contributed by atoms with Crippen molar-refractivity contribution in [2.45, 2.75) is 26.8 Å². The molecule has 0 aliphatic rings. The summed E-state index contributed by atoms with van der Waals surface area (Å²) in [5, 5.41) is 2.81. The molecule has 0 saturated carbocycles. The molecular formula is C21H26N2O4. The second-order valence-corrected chi connectivity index (χ2v) is 6.28. The molecule has 0 unspecified atom stereocenters. The maximum absolute atomic E-state index is 12.1. The molecule has 6 nitrogen and oxygen atoms in total. The predicted octanol–water partition coefficient (Wildman–Crippen LogP) is 3.73. The van der Waals surface area contributed by atoms with Crippen molar-refractivity contribution in [2.75, 3.05) is 30.5 Å². The van der Waals surface area contributed by atoms with Gasteiger partial charge in [-0.05, 0) is 69.3 Å². The van der Waals surface area contributed by atoms with E-state index in [4.69, 9.17) is 4.74 Å². The normalized spacial score (nSPS) is 10.4. The number of hydrogen-bond donors (Lipinski definition) is 1. The second kappa shape index (κ2) is 9.62. The number of amides is 1. The Morgan fingerprint density at radius 2 is 1.67 bits per heavy atom. The first-order valence-electron chi connectivity index (χ1n) is 8.92. The zero-order valence-electron chi connectivity index (χ0n) is 16.2. The van der Waals surface area contributed by atoms with Gasteiger partial charge in [-0.15, -0.1) is 0 Å². The average molecular weight is 370 g/mol. The number of esters is 1. The van der Waals surface area contributed by atoms with Crippen molar-refractivity contribution >= 4 is 23.3 Å². The van der Waals surface area contributed by atoms with Crippen LogP contribution in [0.5, 0.6) is 5.75 Å². The summed E-state index contributed by atoms with van der Waals surface area (Å²) in [5.41, 5.74) is 2.26. The predicted molar refractivity (Wildman–Crippen MR) is 107 cm³/mol. The zero-order valence-corrected chi connectivity index (χ0v) is 16.2. The second-order valence-electron chi connectivity index (χ2n) is 6.28. The lowest BCUT2D eigenvalue weighted by molar-refractivity contribution is -0.118. The van der Waals surface area contributed by atoms with Crippen LogP contribution in [0.2, 0.25) is 0 Å². The molecule has 0 aromatic heterocycles. The molecule has 0 fully saturated rings. The van der Waals surface area contributed by atoms with Gasteiger partial charge in [-0.1, -0.05) is 0 Å². The molecule has 0 heterocycles. The van der Waals surface area contributed by atoms with E-state index >= 15 is 0 Å². The summed E-state index contributed by atoms with van der Waals surface area (Å²) in [5.74, 6) is -0.165. The average Bonchev–Trinajstić information content (AvgIpc) is 2.68. The molecular weight excluding hydrogens is 344 g/mol. The van der Waals surface area contributed by atoms with E-state index in [0.29, 0.717) is 23.0 Å². The Morgan fingerprint density at radius 1 is 1.04 bits per heavy atom. The van der Waals surface area contributed by atoms with Crippen LogP contribution >= 0.6 is 0 Å². The van der Waals surface area contributed by atoms with Crippen LogP contribution in [0.3, 0.4) is 0 Å². The number of nitrogens with one attached hydrogen (secondary N) is 1. The van der Waals surface area contributed by atoms with Crippen LogP contribution in [0.4, 0.5) is 11.4 Å². The van der Waals surface area contributed by atoms with E-state index in [1.54, 1.807) is 24.3 Å². The van der Waals surface area contributed by atoms with Crippen molar-refractivity contribution in [3.05, 3.63) is 54.1 Å². The van der Waals surface area contributed by atoms with E-state index < -0.39 is 5.97 Å². The maximum atomic E-state index is 12.1. The van der Waals surface area contributed by atoms with Crippen molar-refractivity contribution in [1.29, 1.82) is 0 Å². The fourth-order valence-corrected chi connectivity index (χ4v) is 2.73. The maximum Gasteiger partial charge on any atom is 0.337 e. The van der Waals surface area contributed by atoms with Crippen molar-refractivity contribution < 1.29 is 19.1 Å². The molecule has 1 amide bonds. The van der Waals surface area contributed by atoms with Crippen molar-refractivity contribution in [2.24, 2.45) is 0 Å². The van der Waals surface area contributed by atoms with E-state index in [9.17, 15) is 9.59 Å². The van der Waals surface area contributed by atoms with Crippen LogP contribution in [-0.4, -0.2) is 38.2 Å². The largest absolute Gasteiger partial charge is 0.484 e. The number of carbonyl (C=O) groups excluding carboxylic acids is 2. The van der Waals surface area contributed by atoms with Crippen LogP contribution in [0.15, 0.2) is 48.5 Å². The van der Waals surface area contributed by atoms with Gasteiger partial charge in [0.2, 0.25) is 0 Å². The summed E-state index contributed by atoms with van der Waals surface area (Å²) in [4.78, 5) is 25.7. The number of methoxy groups -OCH3 is 1. The fourth-order valence-electron chi connectivity index (χ4n) is 2.73. The third-order valence-electron chi connectivity index (χ3n) is 4.09. The van der Waals surface area contributed by atoms with Crippen LogP contribution < -0.4 is 15.0 Å². The third-order valence-corrected chi connectivity index (χ3v) is 4.09. The van der Waals surface area contributed by atoms with Crippen LogP contribution in [-0.2, 0) is 9.53 Å². The standard InChI is InChI=1S/C21H26N2O4/c1-5-23(15(2)3)18-10-8-17(9-11-18)22-20(24)14-27-19-12-6-16(7-13-19)21(25)26-4/h6-13,15H,5,14H2,1-4H3,(H,22,24). The first-order valence-corrected chi connectivity index (χ1v) is 8.92. The molecule has 1 N–H and O–H groups in total. The van der Waals surface area contributed by atoms with Gasteiger partial charge < -0.3 is 19.7 Å². The molecule has 2 aromatic rings. The summed E-state index contributed by atoms with van der Waals surface area (Å²) in [7, 11) is 1.33. The topological polar surface area (TPSA) is 67.9 Å². The highest BCUT2D eigenvalue weighted by Gasteiger charge is 2.09. The van der Waals surface area contributed by atoms with Crippen molar-refractivity contribution in [3.63, 3.8) is 0 Å². The van der Waals surface area contributed by atoms with Crippen molar-refractivity contribution in [3.8, 4) is 5.75 Å². The molecule has 2 rings (SSSR count). The van der Waals surface area contributed by atoms with Gasteiger partial charge in [0.15, 0.2) is 6.61 Å².